The van der Waals surface area contributed by atoms with Gasteiger partial charge in [-0.25, -0.2) is 4.99 Å². The number of rotatable bonds is 7. The zero-order valence-corrected chi connectivity index (χ0v) is 19.5. The number of methoxy groups -OCH3 is 3. The third-order valence-electron chi connectivity index (χ3n) is 4.42. The van der Waals surface area contributed by atoms with Gasteiger partial charge in [0.05, 0.1) is 27.9 Å². The van der Waals surface area contributed by atoms with Crippen molar-refractivity contribution in [2.75, 3.05) is 26.6 Å². The number of carbonyl (C=O) groups is 1. The molecule has 1 heterocycles. The Bertz CT molecular complexity index is 1080. The van der Waals surface area contributed by atoms with Crippen molar-refractivity contribution in [2.24, 2.45) is 4.99 Å². The summed E-state index contributed by atoms with van der Waals surface area (Å²) in [5.74, 6) is 1.37. The third-order valence-corrected chi connectivity index (χ3v) is 4.91. The van der Waals surface area contributed by atoms with Crippen LogP contribution in [0.1, 0.15) is 15.9 Å². The molecule has 0 radical (unpaired) electrons. The van der Waals surface area contributed by atoms with E-state index in [1.807, 2.05) is 18.2 Å². The van der Waals surface area contributed by atoms with E-state index in [-0.39, 0.29) is 11.9 Å². The van der Waals surface area contributed by atoms with E-state index < -0.39 is 0 Å². The molecule has 1 amide bonds. The normalized spacial score (nSPS) is 10.9. The molecule has 2 N–H and O–H groups in total. The molecule has 0 aliphatic rings. The first-order valence-corrected chi connectivity index (χ1v) is 10.4. The number of nitrogens with one attached hydrogen (secondary N) is 2. The number of aromatic nitrogens is 1. The van der Waals surface area contributed by atoms with Crippen molar-refractivity contribution in [2.45, 2.75) is 6.54 Å². The largest absolute Gasteiger partial charge is 0.493 e. The van der Waals surface area contributed by atoms with Crippen molar-refractivity contribution in [1.29, 1.82) is 0 Å². The topological polar surface area (TPSA) is 94.1 Å². The summed E-state index contributed by atoms with van der Waals surface area (Å²) in [5.41, 5.74) is 2.03. The van der Waals surface area contributed by atoms with Crippen LogP contribution >= 0.6 is 15.9 Å². The zero-order chi connectivity index (χ0) is 22.9. The van der Waals surface area contributed by atoms with E-state index in [1.54, 1.807) is 42.7 Å². The summed E-state index contributed by atoms with van der Waals surface area (Å²) < 4.78 is 17.0. The molecule has 8 nitrogen and oxygen atoms in total. The molecule has 3 rings (SSSR count). The van der Waals surface area contributed by atoms with Crippen molar-refractivity contribution in [3.8, 4) is 17.2 Å². The Balaban J connectivity index is 1.91. The lowest BCUT2D eigenvalue weighted by molar-refractivity contribution is 0.0977. The molecule has 0 unspecified atom stereocenters. The molecule has 3 aromatic rings. The molecule has 0 spiro atoms. The molecule has 0 atom stereocenters. The summed E-state index contributed by atoms with van der Waals surface area (Å²) in [6.45, 7) is 0.341. The molecule has 32 heavy (non-hydrogen) atoms. The summed E-state index contributed by atoms with van der Waals surface area (Å²) in [6, 6.07) is 14.3. The van der Waals surface area contributed by atoms with Crippen LogP contribution in [0.4, 0.5) is 5.69 Å². The number of guanidine groups is 1. The predicted molar refractivity (Wildman–Crippen MR) is 127 cm³/mol. The Labute approximate surface area is 194 Å². The number of amides is 1. The maximum Gasteiger partial charge on any atom is 0.257 e. The average Bonchev–Trinajstić information content (AvgIpc) is 2.82. The highest BCUT2D eigenvalue weighted by atomic mass is 79.9. The van der Waals surface area contributed by atoms with Crippen molar-refractivity contribution >= 4 is 33.5 Å². The minimum absolute atomic E-state index is 0.265. The molecule has 2 aromatic carbocycles. The molecular weight excluding hydrogens is 476 g/mol. The summed E-state index contributed by atoms with van der Waals surface area (Å²) in [5, 5.41) is 5.97. The number of ether oxygens (including phenoxy) is 3. The van der Waals surface area contributed by atoms with Crippen LogP contribution in [0.25, 0.3) is 0 Å². The fourth-order valence-corrected chi connectivity index (χ4v) is 3.27. The van der Waals surface area contributed by atoms with E-state index in [2.05, 4.69) is 36.5 Å². The third kappa shape index (κ3) is 5.98. The maximum absolute atomic E-state index is 12.8. The van der Waals surface area contributed by atoms with Gasteiger partial charge < -0.3 is 19.5 Å². The van der Waals surface area contributed by atoms with E-state index in [1.165, 1.54) is 21.3 Å². The standard InChI is InChI=1S/C23H23BrN4O4/c1-30-19-12-18(13-20(31-2)21(19)32-3)27-23(26-14-15-7-9-25-10-8-15)28-22(29)16-5-4-6-17(24)11-16/h4-13H,14H2,1-3H3,(H2,26,27,28,29). The minimum Gasteiger partial charge on any atom is -0.493 e. The highest BCUT2D eigenvalue weighted by Gasteiger charge is 2.15. The van der Waals surface area contributed by atoms with E-state index >= 15 is 0 Å². The minimum atomic E-state index is -0.306. The molecule has 0 saturated carbocycles. The Hall–Kier alpha value is -3.59. The number of hydrogen-bond donors (Lipinski definition) is 2. The molecule has 0 saturated heterocycles. The second-order valence-electron chi connectivity index (χ2n) is 6.52. The van der Waals surface area contributed by atoms with Gasteiger partial charge in [-0.3, -0.25) is 15.1 Å². The molecule has 0 fully saturated rings. The first kappa shape index (κ1) is 23.1. The number of carbonyl (C=O) groups excluding carboxylic acids is 1. The van der Waals surface area contributed by atoms with Gasteiger partial charge >= 0.3 is 0 Å². The molecule has 0 aliphatic heterocycles. The van der Waals surface area contributed by atoms with Crippen LogP contribution in [0.15, 0.2) is 70.4 Å². The number of anilines is 1. The number of aliphatic imine (C=N–C) groups is 1. The lowest BCUT2D eigenvalue weighted by Gasteiger charge is -2.16. The summed E-state index contributed by atoms with van der Waals surface area (Å²) in [4.78, 5) is 21.4. The fraction of sp³-hybridized carbons (Fsp3) is 0.174. The molecule has 9 heteroatoms. The van der Waals surface area contributed by atoms with Crippen LogP contribution < -0.4 is 24.8 Å². The maximum atomic E-state index is 12.8. The van der Waals surface area contributed by atoms with Crippen molar-refractivity contribution < 1.29 is 19.0 Å². The van der Waals surface area contributed by atoms with E-state index in [0.717, 1.165) is 10.0 Å². The monoisotopic (exact) mass is 498 g/mol. The van der Waals surface area contributed by atoms with Crippen LogP contribution in [-0.4, -0.2) is 38.2 Å². The highest BCUT2D eigenvalue weighted by molar-refractivity contribution is 9.10. The number of benzene rings is 2. The van der Waals surface area contributed by atoms with Crippen molar-refractivity contribution in [3.05, 3.63) is 76.5 Å². The second-order valence-corrected chi connectivity index (χ2v) is 7.44. The van der Waals surface area contributed by atoms with E-state index in [0.29, 0.717) is 35.0 Å². The van der Waals surface area contributed by atoms with Gasteiger partial charge in [-0.05, 0) is 35.9 Å². The number of halogens is 1. The van der Waals surface area contributed by atoms with Crippen LogP contribution in [0.3, 0.4) is 0 Å². The molecule has 0 aliphatic carbocycles. The Morgan fingerprint density at radius 3 is 2.28 bits per heavy atom. The lowest BCUT2D eigenvalue weighted by atomic mass is 10.2. The highest BCUT2D eigenvalue weighted by Crippen LogP contribution is 2.39. The first-order chi connectivity index (χ1) is 15.5. The molecular formula is C23H23BrN4O4. The van der Waals surface area contributed by atoms with Crippen LogP contribution in [0.2, 0.25) is 0 Å². The Kier molecular flexibility index (Phi) is 8.04. The summed E-state index contributed by atoms with van der Waals surface area (Å²) in [7, 11) is 4.61. The predicted octanol–water partition coefficient (Wildman–Crippen LogP) is 4.27. The number of hydrogen-bond acceptors (Lipinski definition) is 6. The van der Waals surface area contributed by atoms with Crippen LogP contribution in [-0.2, 0) is 6.54 Å². The van der Waals surface area contributed by atoms with Gasteiger partial charge in [0.25, 0.3) is 5.91 Å². The van der Waals surface area contributed by atoms with Gasteiger partial charge in [-0.15, -0.1) is 0 Å². The van der Waals surface area contributed by atoms with Crippen molar-refractivity contribution in [1.82, 2.24) is 10.3 Å². The lowest BCUT2D eigenvalue weighted by Crippen LogP contribution is -2.36. The van der Waals surface area contributed by atoms with Gasteiger partial charge in [0.15, 0.2) is 11.5 Å². The summed E-state index contributed by atoms with van der Waals surface area (Å²) in [6.07, 6.45) is 3.38. The summed E-state index contributed by atoms with van der Waals surface area (Å²) >= 11 is 3.39. The average molecular weight is 499 g/mol. The second kappa shape index (κ2) is 11.1. The van der Waals surface area contributed by atoms with Gasteiger partial charge in [0.1, 0.15) is 0 Å². The van der Waals surface area contributed by atoms with Gasteiger partial charge in [-0.2, -0.15) is 0 Å². The quantitative estimate of drug-likeness (QED) is 0.373. The SMILES string of the molecule is COc1cc(NC(=NCc2ccncc2)NC(=O)c2cccc(Br)c2)cc(OC)c1OC. The zero-order valence-electron chi connectivity index (χ0n) is 17.9. The van der Waals surface area contributed by atoms with Crippen LogP contribution in [0.5, 0.6) is 17.2 Å². The smallest absolute Gasteiger partial charge is 0.257 e. The number of pyridine rings is 1. The van der Waals surface area contributed by atoms with Gasteiger partial charge in [0, 0.05) is 40.2 Å². The van der Waals surface area contributed by atoms with E-state index in [4.69, 9.17) is 14.2 Å². The van der Waals surface area contributed by atoms with E-state index in [9.17, 15) is 4.79 Å². The Morgan fingerprint density at radius 1 is 1.00 bits per heavy atom. The molecule has 0 bridgehead atoms. The first-order valence-electron chi connectivity index (χ1n) is 9.61. The van der Waals surface area contributed by atoms with Gasteiger partial charge in [-0.1, -0.05) is 22.0 Å². The van der Waals surface area contributed by atoms with Gasteiger partial charge in [0.2, 0.25) is 11.7 Å². The Morgan fingerprint density at radius 2 is 1.69 bits per heavy atom. The van der Waals surface area contributed by atoms with Crippen LogP contribution in [0, 0.1) is 0 Å². The molecule has 166 valence electrons. The van der Waals surface area contributed by atoms with Crippen molar-refractivity contribution in [3.63, 3.8) is 0 Å². The molecule has 1 aromatic heterocycles. The number of nitrogens with zero attached hydrogens (tertiary/aromatic N) is 2. The fourth-order valence-electron chi connectivity index (χ4n) is 2.87.